The maximum absolute atomic E-state index is 12.8. The van der Waals surface area contributed by atoms with Crippen molar-refractivity contribution < 1.29 is 24.2 Å². The summed E-state index contributed by atoms with van der Waals surface area (Å²) in [5.74, 6) is -1.55. The van der Waals surface area contributed by atoms with Crippen LogP contribution in [0.1, 0.15) is 52.2 Å². The Labute approximate surface area is 203 Å². The van der Waals surface area contributed by atoms with Crippen LogP contribution < -0.4 is 10.6 Å². The molecule has 2 amide bonds. The standard InChI is InChI=1S/C28H26N2O5/c1-17-18(25(31)30-28(26(32)33)14-7-15-28)12-6-13-24(17)29-27(34)35-16-23-21-10-4-2-8-19(21)20-9-3-5-11-22(20)23/h2-6,8-13,23H,7,14-16H2,1H3,(H,29,34)(H,30,31)(H,32,33). The second-order valence-electron chi connectivity index (χ2n) is 9.12. The third-order valence-electron chi connectivity index (χ3n) is 7.13. The highest BCUT2D eigenvalue weighted by Crippen LogP contribution is 2.44. The van der Waals surface area contributed by atoms with E-state index >= 15 is 0 Å². The number of aliphatic carboxylic acids is 1. The van der Waals surface area contributed by atoms with E-state index in [1.165, 1.54) is 0 Å². The van der Waals surface area contributed by atoms with Crippen LogP contribution in [-0.2, 0) is 9.53 Å². The van der Waals surface area contributed by atoms with Gasteiger partial charge in [-0.3, -0.25) is 10.1 Å². The minimum Gasteiger partial charge on any atom is -0.480 e. The molecule has 0 aromatic heterocycles. The average Bonchev–Trinajstić information content (AvgIpc) is 3.15. The van der Waals surface area contributed by atoms with Crippen molar-refractivity contribution in [3.05, 3.63) is 89.0 Å². The molecule has 7 heteroatoms. The average molecular weight is 471 g/mol. The minimum atomic E-state index is -1.21. The maximum Gasteiger partial charge on any atom is 0.411 e. The van der Waals surface area contributed by atoms with Crippen molar-refractivity contribution in [2.45, 2.75) is 37.6 Å². The van der Waals surface area contributed by atoms with Crippen LogP contribution in [0.4, 0.5) is 10.5 Å². The number of carboxylic acids is 1. The van der Waals surface area contributed by atoms with E-state index < -0.39 is 23.5 Å². The monoisotopic (exact) mass is 470 g/mol. The molecule has 7 nitrogen and oxygen atoms in total. The lowest BCUT2D eigenvalue weighted by atomic mass is 9.76. The number of nitrogens with one attached hydrogen (secondary N) is 2. The van der Waals surface area contributed by atoms with Gasteiger partial charge in [-0.25, -0.2) is 9.59 Å². The van der Waals surface area contributed by atoms with Gasteiger partial charge in [-0.2, -0.15) is 0 Å². The third-order valence-corrected chi connectivity index (χ3v) is 7.13. The molecular formula is C28H26N2O5. The summed E-state index contributed by atoms with van der Waals surface area (Å²) < 4.78 is 5.61. The highest BCUT2D eigenvalue weighted by Gasteiger charge is 2.46. The van der Waals surface area contributed by atoms with Gasteiger partial charge in [0.2, 0.25) is 0 Å². The van der Waals surface area contributed by atoms with Crippen LogP contribution in [0.2, 0.25) is 0 Å². The van der Waals surface area contributed by atoms with Gasteiger partial charge in [-0.15, -0.1) is 0 Å². The Morgan fingerprint density at radius 2 is 1.57 bits per heavy atom. The predicted molar refractivity (Wildman–Crippen MR) is 132 cm³/mol. The van der Waals surface area contributed by atoms with Crippen molar-refractivity contribution in [2.24, 2.45) is 0 Å². The van der Waals surface area contributed by atoms with Gasteiger partial charge in [0.25, 0.3) is 5.91 Å². The third kappa shape index (κ3) is 4.03. The lowest BCUT2D eigenvalue weighted by Gasteiger charge is -2.38. The number of hydrogen-bond donors (Lipinski definition) is 3. The highest BCUT2D eigenvalue weighted by atomic mass is 16.5. The summed E-state index contributed by atoms with van der Waals surface area (Å²) in [4.78, 5) is 37.1. The molecule has 3 aromatic carbocycles. The van der Waals surface area contributed by atoms with E-state index in [1.54, 1.807) is 25.1 Å². The van der Waals surface area contributed by atoms with E-state index in [-0.39, 0.29) is 12.5 Å². The Kier molecular flexibility index (Phi) is 5.76. The molecule has 2 aliphatic rings. The number of ether oxygens (including phenoxy) is 1. The Morgan fingerprint density at radius 3 is 2.14 bits per heavy atom. The molecule has 0 saturated heterocycles. The molecule has 3 N–H and O–H groups in total. The van der Waals surface area contributed by atoms with Gasteiger partial charge in [0.1, 0.15) is 12.1 Å². The van der Waals surface area contributed by atoms with E-state index in [1.807, 2.05) is 24.3 Å². The summed E-state index contributed by atoms with van der Waals surface area (Å²) in [6.45, 7) is 1.89. The SMILES string of the molecule is Cc1c(NC(=O)OCC2c3ccccc3-c3ccccc32)cccc1C(=O)NC1(C(=O)O)CCC1. The molecule has 0 heterocycles. The zero-order valence-corrected chi connectivity index (χ0v) is 19.3. The zero-order valence-electron chi connectivity index (χ0n) is 19.3. The lowest BCUT2D eigenvalue weighted by Crippen LogP contribution is -2.59. The van der Waals surface area contributed by atoms with Crippen molar-refractivity contribution in [3.63, 3.8) is 0 Å². The minimum absolute atomic E-state index is 0.0546. The molecule has 1 saturated carbocycles. The Bertz CT molecular complexity index is 1280. The molecule has 0 bridgehead atoms. The molecule has 0 atom stereocenters. The second kappa shape index (κ2) is 8.91. The van der Waals surface area contributed by atoms with Gasteiger partial charge in [-0.05, 0) is 66.1 Å². The molecule has 35 heavy (non-hydrogen) atoms. The first kappa shape index (κ1) is 22.7. The normalized spacial score (nSPS) is 15.3. The molecule has 0 spiro atoms. The first-order valence-corrected chi connectivity index (χ1v) is 11.7. The highest BCUT2D eigenvalue weighted by molar-refractivity contribution is 6.01. The molecule has 0 aliphatic heterocycles. The molecule has 1 fully saturated rings. The fourth-order valence-corrected chi connectivity index (χ4v) is 4.97. The maximum atomic E-state index is 12.8. The summed E-state index contributed by atoms with van der Waals surface area (Å²) in [6.07, 6.45) is 0.957. The number of carbonyl (C=O) groups excluding carboxylic acids is 2. The summed E-state index contributed by atoms with van der Waals surface area (Å²) in [6, 6.07) is 21.2. The number of carboxylic acid groups (broad SMARTS) is 1. The van der Waals surface area contributed by atoms with Crippen molar-refractivity contribution in [1.82, 2.24) is 5.32 Å². The largest absolute Gasteiger partial charge is 0.480 e. The van der Waals surface area contributed by atoms with Gasteiger partial charge >= 0.3 is 12.1 Å². The van der Waals surface area contributed by atoms with Gasteiger partial charge in [0.15, 0.2) is 0 Å². The quantitative estimate of drug-likeness (QED) is 0.465. The first-order chi connectivity index (χ1) is 16.9. The number of hydrogen-bond acceptors (Lipinski definition) is 4. The molecule has 3 aromatic rings. The van der Waals surface area contributed by atoms with Crippen LogP contribution in [0.5, 0.6) is 0 Å². The van der Waals surface area contributed by atoms with Crippen molar-refractivity contribution in [1.29, 1.82) is 0 Å². The zero-order chi connectivity index (χ0) is 24.6. The number of benzene rings is 3. The molecular weight excluding hydrogens is 444 g/mol. The smallest absolute Gasteiger partial charge is 0.411 e. The number of carbonyl (C=O) groups is 3. The summed E-state index contributed by atoms with van der Waals surface area (Å²) in [5.41, 5.74) is 4.63. The van der Waals surface area contributed by atoms with E-state index in [0.29, 0.717) is 29.7 Å². The van der Waals surface area contributed by atoms with Crippen molar-refractivity contribution in [2.75, 3.05) is 11.9 Å². The van der Waals surface area contributed by atoms with Crippen LogP contribution in [0.25, 0.3) is 11.1 Å². The topological polar surface area (TPSA) is 105 Å². The Balaban J connectivity index is 1.27. The molecule has 178 valence electrons. The Morgan fingerprint density at radius 1 is 0.943 bits per heavy atom. The van der Waals surface area contributed by atoms with Crippen LogP contribution in [-0.4, -0.2) is 35.2 Å². The second-order valence-corrected chi connectivity index (χ2v) is 9.12. The summed E-state index contributed by atoms with van der Waals surface area (Å²) in [7, 11) is 0. The predicted octanol–water partition coefficient (Wildman–Crippen LogP) is 5.09. The van der Waals surface area contributed by atoms with Gasteiger partial charge < -0.3 is 15.2 Å². The Hall–Kier alpha value is -4.13. The van der Waals surface area contributed by atoms with Crippen molar-refractivity contribution in [3.8, 4) is 11.1 Å². The van der Waals surface area contributed by atoms with Crippen LogP contribution in [0.3, 0.4) is 0 Å². The number of anilines is 1. The van der Waals surface area contributed by atoms with E-state index in [2.05, 4.69) is 34.9 Å². The first-order valence-electron chi connectivity index (χ1n) is 11.7. The van der Waals surface area contributed by atoms with Crippen LogP contribution >= 0.6 is 0 Å². The van der Waals surface area contributed by atoms with Gasteiger partial charge in [0, 0.05) is 17.2 Å². The van der Waals surface area contributed by atoms with Crippen LogP contribution in [0.15, 0.2) is 66.7 Å². The molecule has 5 rings (SSSR count). The van der Waals surface area contributed by atoms with E-state index in [4.69, 9.17) is 4.74 Å². The lowest BCUT2D eigenvalue weighted by molar-refractivity contribution is -0.148. The number of rotatable bonds is 6. The molecule has 0 radical (unpaired) electrons. The van der Waals surface area contributed by atoms with Gasteiger partial charge in [0.05, 0.1) is 0 Å². The van der Waals surface area contributed by atoms with Crippen LogP contribution in [0, 0.1) is 6.92 Å². The molecule has 2 aliphatic carbocycles. The van der Waals surface area contributed by atoms with E-state index in [0.717, 1.165) is 28.7 Å². The molecule has 0 unspecified atom stereocenters. The summed E-state index contributed by atoms with van der Waals surface area (Å²) >= 11 is 0. The fourth-order valence-electron chi connectivity index (χ4n) is 4.97. The summed E-state index contributed by atoms with van der Waals surface area (Å²) in [5, 5.41) is 14.9. The number of fused-ring (bicyclic) bond motifs is 3. The van der Waals surface area contributed by atoms with Crippen molar-refractivity contribution >= 4 is 23.7 Å². The fraction of sp³-hybridized carbons (Fsp3) is 0.250. The van der Waals surface area contributed by atoms with Gasteiger partial charge in [-0.1, -0.05) is 54.6 Å². The van der Waals surface area contributed by atoms with E-state index in [9.17, 15) is 19.5 Å². The number of amides is 2.